The van der Waals surface area contributed by atoms with E-state index in [1.165, 1.54) is 0 Å². The van der Waals surface area contributed by atoms with Crippen molar-refractivity contribution in [2.45, 2.75) is 77.3 Å². The van der Waals surface area contributed by atoms with Crippen molar-refractivity contribution in [3.63, 3.8) is 0 Å². The van der Waals surface area contributed by atoms with Crippen molar-refractivity contribution in [3.8, 4) is 33.8 Å². The van der Waals surface area contributed by atoms with Crippen LogP contribution in [-0.2, 0) is 24.4 Å². The quantitative estimate of drug-likeness (QED) is 0.0532. The number of hydrogen-bond acceptors (Lipinski definition) is 21. The standard InChI is InChI=1S/C27H29N7O2.C25H25N7O2.C24H21N7O2/c1-27(2,36)17-4-3-10-33(16-17)18-5-8-23(29-12-18)32-21-7-6-19(20-13-31-26(35)25(20)21)22-14-30-24-15-28-9-11-34(22)24;1-25(34)6-9-31(10-7-25)16-2-5-21(27-12-16)30-19-4-3-17(18-13-29-24(33)23(18)19)20-14-28-22-15-26-8-11-32(20)22;32-23-22-17(8-28-23)16(19-9-27-21-10-25-5-6-31(19)21)2-3-18(22)29-20-4-1-15(7-26-20)30-11-24(12-30)13-33-14-24/h5-9,11-12,14-15,17,36H,3-4,10,13,16H2,1-2H3,(H,29,32)(H,31,35);2-5,8,11-12,14-15,34H,6-7,9-10,13H2,1H3,(H,27,30)(H,29,33);1-7,9-10H,8,11-14H2,(H,26,29)(H,28,32)/t17-;;/m1../s1. The van der Waals surface area contributed by atoms with Gasteiger partial charge in [0.2, 0.25) is 0 Å². The van der Waals surface area contributed by atoms with Gasteiger partial charge in [-0.25, -0.2) is 29.9 Å². The third kappa shape index (κ3) is 12.3. The number of carbonyl (C=O) groups excluding carboxylic acids is 3. The molecule has 0 unspecified atom stereocenters. The normalized spacial score (nSPS) is 17.6. The Balaban J connectivity index is 0.000000115. The number of hydrogen-bond donors (Lipinski definition) is 8. The van der Waals surface area contributed by atoms with Crippen LogP contribution in [0.25, 0.3) is 50.7 Å². The minimum absolute atomic E-state index is 0.0879. The molecule has 0 bridgehead atoms. The zero-order valence-corrected chi connectivity index (χ0v) is 57.0. The molecule has 520 valence electrons. The fraction of sp³-hybridized carbons (Fsp3) is 0.289. The highest BCUT2D eigenvalue weighted by Crippen LogP contribution is 2.43. The number of aliphatic hydroxyl groups is 2. The molecule has 0 aliphatic carbocycles. The van der Waals surface area contributed by atoms with E-state index in [1.807, 2.05) is 156 Å². The van der Waals surface area contributed by atoms with E-state index in [0.717, 1.165) is 180 Å². The second-order valence-electron chi connectivity index (χ2n) is 28.3. The van der Waals surface area contributed by atoms with Gasteiger partial charge in [-0.1, -0.05) is 18.2 Å². The van der Waals surface area contributed by atoms with Gasteiger partial charge >= 0.3 is 0 Å². The average molecular weight is 1380 g/mol. The lowest BCUT2D eigenvalue weighted by Crippen LogP contribution is -2.66. The van der Waals surface area contributed by atoms with Crippen LogP contribution in [0.5, 0.6) is 0 Å². The van der Waals surface area contributed by atoms with Gasteiger partial charge < -0.3 is 61.6 Å². The highest BCUT2D eigenvalue weighted by molar-refractivity contribution is 6.08. The SMILES string of the molecule is CC(C)(O)[C@@H]1CCCN(c2ccc(Nc3ccc(-c4cnc5cnccn45)c4c3C(=O)NC4)nc2)C1.CC1(O)CCN(c2ccc(Nc3ccc(-c4cnc5cnccn45)c4c3C(=O)NC4)nc2)CC1.O=C1NCc2c(-c3cnc4cnccn34)ccc(Nc3ccc(N4CC5(COC5)C4)cn3)c21. The molecule has 0 radical (unpaired) electrons. The highest BCUT2D eigenvalue weighted by atomic mass is 16.5. The number of anilines is 9. The second-order valence-corrected chi connectivity index (χ2v) is 28.3. The third-order valence-corrected chi connectivity index (χ3v) is 20.9. The summed E-state index contributed by atoms with van der Waals surface area (Å²) in [6.07, 6.45) is 30.5. The molecule has 4 fully saturated rings. The molecule has 27 heteroatoms. The first-order chi connectivity index (χ1) is 50.1. The minimum Gasteiger partial charge on any atom is -0.390 e. The number of imidazole rings is 3. The maximum atomic E-state index is 12.8. The van der Waals surface area contributed by atoms with Crippen LogP contribution < -0.4 is 46.6 Å². The van der Waals surface area contributed by atoms with E-state index in [1.54, 1.807) is 37.2 Å². The molecule has 12 aromatic rings. The number of piperidine rings is 2. The number of amides is 3. The van der Waals surface area contributed by atoms with Gasteiger partial charge in [0, 0.05) is 119 Å². The first-order valence-electron chi connectivity index (χ1n) is 34.7. The molecule has 103 heavy (non-hydrogen) atoms. The number of pyridine rings is 3. The molecule has 4 saturated heterocycles. The van der Waals surface area contributed by atoms with Crippen LogP contribution in [0.4, 0.5) is 51.6 Å². The number of benzene rings is 3. The smallest absolute Gasteiger partial charge is 0.254 e. The fourth-order valence-corrected chi connectivity index (χ4v) is 15.1. The molecule has 1 spiro atoms. The lowest BCUT2D eigenvalue weighted by molar-refractivity contribution is -0.127. The number of nitrogens with one attached hydrogen (secondary N) is 6. The van der Waals surface area contributed by atoms with Crippen molar-refractivity contribution in [1.82, 2.24) is 74.0 Å². The van der Waals surface area contributed by atoms with E-state index in [-0.39, 0.29) is 23.6 Å². The largest absolute Gasteiger partial charge is 0.390 e. The molecule has 19 rings (SSSR count). The third-order valence-electron chi connectivity index (χ3n) is 20.9. The van der Waals surface area contributed by atoms with Gasteiger partial charge in [0.1, 0.15) is 17.5 Å². The van der Waals surface area contributed by atoms with Crippen LogP contribution >= 0.6 is 0 Å². The maximum Gasteiger partial charge on any atom is 0.254 e. The van der Waals surface area contributed by atoms with Crippen LogP contribution in [0.3, 0.4) is 0 Å². The molecule has 27 nitrogen and oxygen atoms in total. The Morgan fingerprint density at radius 2 is 0.893 bits per heavy atom. The predicted molar refractivity (Wildman–Crippen MR) is 390 cm³/mol. The van der Waals surface area contributed by atoms with Crippen molar-refractivity contribution < 1.29 is 29.3 Å². The predicted octanol–water partition coefficient (Wildman–Crippen LogP) is 9.51. The summed E-state index contributed by atoms with van der Waals surface area (Å²) in [5.41, 5.74) is 17.1. The first kappa shape index (κ1) is 64.4. The summed E-state index contributed by atoms with van der Waals surface area (Å²) in [5, 5.41) is 39.5. The average Bonchev–Trinajstić information content (AvgIpc) is 1.31. The van der Waals surface area contributed by atoms with Gasteiger partial charge in [-0.2, -0.15) is 0 Å². The zero-order valence-electron chi connectivity index (χ0n) is 57.0. The van der Waals surface area contributed by atoms with Gasteiger partial charge in [-0.15, -0.1) is 0 Å². The monoisotopic (exact) mass is 1380 g/mol. The van der Waals surface area contributed by atoms with E-state index in [9.17, 15) is 24.6 Å². The van der Waals surface area contributed by atoms with Gasteiger partial charge in [-0.05, 0) is 118 Å². The Morgan fingerprint density at radius 1 is 0.495 bits per heavy atom. The molecule has 8 N–H and O–H groups in total. The number of nitrogens with zero attached hydrogens (tertiary/aromatic N) is 15. The summed E-state index contributed by atoms with van der Waals surface area (Å²) in [4.78, 5) is 84.6. The van der Waals surface area contributed by atoms with E-state index in [2.05, 4.69) is 97.5 Å². The molecule has 7 aliphatic rings. The van der Waals surface area contributed by atoms with Crippen molar-refractivity contribution in [3.05, 3.63) is 199 Å². The molecular weight excluding hydrogens is 1300 g/mol. The lowest BCUT2D eigenvalue weighted by atomic mass is 9.78. The van der Waals surface area contributed by atoms with Crippen LogP contribution in [0.1, 0.15) is 94.2 Å². The van der Waals surface area contributed by atoms with Crippen LogP contribution in [0, 0.1) is 11.3 Å². The topological polar surface area (TPSA) is 312 Å². The van der Waals surface area contributed by atoms with Crippen molar-refractivity contribution >= 4 is 86.2 Å². The van der Waals surface area contributed by atoms with Gasteiger partial charge in [-0.3, -0.25) is 42.5 Å². The van der Waals surface area contributed by atoms with Crippen LogP contribution in [0.2, 0.25) is 0 Å². The summed E-state index contributed by atoms with van der Waals surface area (Å²) < 4.78 is 11.3. The molecule has 16 heterocycles. The summed E-state index contributed by atoms with van der Waals surface area (Å²) in [7, 11) is 0. The summed E-state index contributed by atoms with van der Waals surface area (Å²) in [5.74, 6) is 1.98. The van der Waals surface area contributed by atoms with E-state index in [0.29, 0.717) is 59.2 Å². The number of fused-ring (bicyclic) bond motifs is 6. The van der Waals surface area contributed by atoms with Gasteiger partial charge in [0.15, 0.2) is 16.9 Å². The number of carbonyl (C=O) groups is 3. The Bertz CT molecular complexity index is 5260. The Morgan fingerprint density at radius 3 is 1.26 bits per heavy atom. The van der Waals surface area contributed by atoms with E-state index in [4.69, 9.17) is 4.74 Å². The van der Waals surface area contributed by atoms with Gasteiger partial charge in [0.05, 0.1) is 153 Å². The van der Waals surface area contributed by atoms with Crippen LogP contribution in [-0.4, -0.2) is 150 Å². The zero-order chi connectivity index (χ0) is 70.1. The number of rotatable bonds is 13. The van der Waals surface area contributed by atoms with Crippen molar-refractivity contribution in [2.24, 2.45) is 11.3 Å². The summed E-state index contributed by atoms with van der Waals surface area (Å²) in [6, 6.07) is 23.8. The van der Waals surface area contributed by atoms with Crippen molar-refractivity contribution in [2.75, 3.05) is 83.1 Å². The van der Waals surface area contributed by atoms with Crippen LogP contribution in [0.15, 0.2) is 166 Å². The molecule has 7 aliphatic heterocycles. The number of aromatic nitrogens is 12. The number of ether oxygens (including phenoxy) is 1. The second kappa shape index (κ2) is 25.9. The molecule has 3 aromatic carbocycles. The molecular formula is C76H75N21O6. The Labute approximate surface area is 591 Å². The molecule has 1 atom stereocenters. The van der Waals surface area contributed by atoms with Crippen molar-refractivity contribution in [1.29, 1.82) is 0 Å². The van der Waals surface area contributed by atoms with Gasteiger partial charge in [0.25, 0.3) is 17.7 Å². The van der Waals surface area contributed by atoms with E-state index < -0.39 is 11.2 Å². The fourth-order valence-electron chi connectivity index (χ4n) is 15.1. The Hall–Kier alpha value is -11.9. The lowest BCUT2D eigenvalue weighted by Gasteiger charge is -2.55. The molecule has 3 amide bonds. The summed E-state index contributed by atoms with van der Waals surface area (Å²) in [6.45, 7) is 14.2. The summed E-state index contributed by atoms with van der Waals surface area (Å²) >= 11 is 0. The molecule has 9 aromatic heterocycles. The first-order valence-corrected chi connectivity index (χ1v) is 34.7. The Kier molecular flexibility index (Phi) is 16.2. The van der Waals surface area contributed by atoms with E-state index >= 15 is 0 Å². The molecule has 0 saturated carbocycles. The highest BCUT2D eigenvalue weighted by Gasteiger charge is 2.49. The maximum absolute atomic E-state index is 12.8. The minimum atomic E-state index is -0.694.